The van der Waals surface area contributed by atoms with Gasteiger partial charge in [-0.2, -0.15) is 0 Å². The smallest absolute Gasteiger partial charge is 0.213 e. The number of aromatic nitrogens is 1. The zero-order valence-electron chi connectivity index (χ0n) is 7.66. The van der Waals surface area contributed by atoms with Gasteiger partial charge in [-0.1, -0.05) is 0 Å². The average molecular weight is 127 g/mol. The Kier molecular flexibility index (Phi) is 0.797. The van der Waals surface area contributed by atoms with Crippen LogP contribution in [0.1, 0.15) is 4.11 Å². The Morgan fingerprint density at radius 2 is 2.67 bits per heavy atom. The molecule has 0 aliphatic heterocycles. The summed E-state index contributed by atoms with van der Waals surface area (Å²) < 4.78 is 24.8. The lowest BCUT2D eigenvalue weighted by Gasteiger charge is -1.95. The van der Waals surface area contributed by atoms with Gasteiger partial charge in [-0.3, -0.25) is 0 Å². The van der Waals surface area contributed by atoms with Gasteiger partial charge in [0.15, 0.2) is 0 Å². The Bertz CT molecular complexity index is 256. The summed E-state index contributed by atoms with van der Waals surface area (Å²) in [6.07, 6.45) is 1.33. The molecule has 0 atom stereocenters. The van der Waals surface area contributed by atoms with Crippen LogP contribution >= 0.6 is 0 Å². The first-order valence-corrected chi connectivity index (χ1v) is 2.38. The van der Waals surface area contributed by atoms with Crippen molar-refractivity contribution in [2.75, 3.05) is 12.8 Å². The second kappa shape index (κ2) is 2.35. The van der Waals surface area contributed by atoms with Gasteiger partial charge in [-0.25, -0.2) is 4.98 Å². The highest BCUT2D eigenvalue weighted by Crippen LogP contribution is 2.06. The van der Waals surface area contributed by atoms with Crippen molar-refractivity contribution in [1.82, 2.24) is 4.98 Å². The molecule has 0 saturated heterocycles. The third-order valence-corrected chi connectivity index (χ3v) is 0.864. The van der Waals surface area contributed by atoms with Gasteiger partial charge >= 0.3 is 0 Å². The van der Waals surface area contributed by atoms with E-state index in [1.54, 1.807) is 0 Å². The molecule has 1 heterocycles. The summed E-state index contributed by atoms with van der Waals surface area (Å²) in [6.45, 7) is 0. The van der Waals surface area contributed by atoms with Crippen LogP contribution in [0.25, 0.3) is 0 Å². The molecule has 0 fully saturated rings. The first-order valence-electron chi connectivity index (χ1n) is 3.88. The van der Waals surface area contributed by atoms with Gasteiger partial charge in [0.25, 0.3) is 0 Å². The molecular formula is C6H8N2O. The van der Waals surface area contributed by atoms with E-state index in [1.807, 2.05) is 0 Å². The molecule has 0 radical (unpaired) electrons. The molecule has 48 valence electrons. The number of hydrogen-bond acceptors (Lipinski definition) is 3. The molecule has 0 spiro atoms. The Morgan fingerprint density at radius 1 is 1.78 bits per heavy atom. The van der Waals surface area contributed by atoms with Crippen LogP contribution in [0, 0.1) is 0 Å². The summed E-state index contributed by atoms with van der Waals surface area (Å²) in [5, 5.41) is 0. The summed E-state index contributed by atoms with van der Waals surface area (Å²) in [5.74, 6) is 0.0456. The van der Waals surface area contributed by atoms with E-state index in [1.165, 1.54) is 18.3 Å². The number of rotatable bonds is 1. The molecule has 3 heteroatoms. The minimum atomic E-state index is -2.46. The molecule has 0 aliphatic carbocycles. The molecule has 0 aliphatic rings. The quantitative estimate of drug-likeness (QED) is 0.603. The normalized spacial score (nSPS) is 15.3. The molecule has 1 aromatic heterocycles. The molecule has 0 amide bonds. The number of nitrogens with zero attached hydrogens (tertiary/aromatic N) is 1. The summed E-state index contributed by atoms with van der Waals surface area (Å²) in [4.78, 5) is 3.66. The Labute approximate surface area is 57.7 Å². The number of nitrogen functional groups attached to an aromatic ring is 1. The highest BCUT2D eigenvalue weighted by molar-refractivity contribution is 5.35. The minimum absolute atomic E-state index is 0.0456. The van der Waals surface area contributed by atoms with Gasteiger partial charge in [-0.15, -0.1) is 0 Å². The van der Waals surface area contributed by atoms with E-state index < -0.39 is 7.04 Å². The summed E-state index contributed by atoms with van der Waals surface area (Å²) in [7, 11) is -2.46. The second-order valence-electron chi connectivity index (χ2n) is 1.53. The van der Waals surface area contributed by atoms with Gasteiger partial charge in [0.2, 0.25) is 5.88 Å². The highest BCUT2D eigenvalue weighted by Gasteiger charge is 1.87. The van der Waals surface area contributed by atoms with Crippen molar-refractivity contribution in [3.05, 3.63) is 18.3 Å². The Hall–Kier alpha value is -1.25. The summed E-state index contributed by atoms with van der Waals surface area (Å²) >= 11 is 0. The molecule has 0 bridgehead atoms. The zero-order valence-corrected chi connectivity index (χ0v) is 4.66. The van der Waals surface area contributed by atoms with Gasteiger partial charge < -0.3 is 10.5 Å². The fourth-order valence-corrected chi connectivity index (χ4v) is 0.452. The molecule has 3 nitrogen and oxygen atoms in total. The molecule has 1 rings (SSSR count). The maximum absolute atomic E-state index is 6.76. The van der Waals surface area contributed by atoms with E-state index in [0.29, 0.717) is 5.69 Å². The molecule has 0 unspecified atom stereocenters. The van der Waals surface area contributed by atoms with Crippen LogP contribution in [-0.2, 0) is 0 Å². The first kappa shape index (κ1) is 3.06. The van der Waals surface area contributed by atoms with Crippen LogP contribution in [0.5, 0.6) is 5.88 Å². The topological polar surface area (TPSA) is 48.1 Å². The third-order valence-electron chi connectivity index (χ3n) is 0.864. The fraction of sp³-hybridized carbons (Fsp3) is 0.167. The maximum Gasteiger partial charge on any atom is 0.213 e. The van der Waals surface area contributed by atoms with Crippen molar-refractivity contribution >= 4 is 5.69 Å². The number of hydrogen-bond donors (Lipinski definition) is 1. The number of pyridine rings is 1. The Balaban J connectivity index is 2.71. The van der Waals surface area contributed by atoms with Crippen molar-refractivity contribution in [3.63, 3.8) is 0 Å². The SMILES string of the molecule is [2H]C([2H])([2H])Oc1ccc(N)cn1. The number of methoxy groups -OCH3 is 1. The van der Waals surface area contributed by atoms with Gasteiger partial charge in [0, 0.05) is 6.07 Å². The lowest BCUT2D eigenvalue weighted by Crippen LogP contribution is -1.89. The molecule has 2 N–H and O–H groups in total. The largest absolute Gasteiger partial charge is 0.481 e. The summed E-state index contributed by atoms with van der Waals surface area (Å²) in [6, 6.07) is 2.93. The van der Waals surface area contributed by atoms with Crippen LogP contribution in [0.3, 0.4) is 0 Å². The fourth-order valence-electron chi connectivity index (χ4n) is 0.452. The van der Waals surface area contributed by atoms with E-state index in [0.717, 1.165) is 0 Å². The molecule has 0 saturated carbocycles. The zero-order chi connectivity index (χ0) is 9.19. The van der Waals surface area contributed by atoms with Gasteiger partial charge in [0.1, 0.15) is 0 Å². The lowest BCUT2D eigenvalue weighted by atomic mass is 10.4. The third kappa shape index (κ3) is 1.32. The minimum Gasteiger partial charge on any atom is -0.481 e. The summed E-state index contributed by atoms with van der Waals surface area (Å²) in [5.41, 5.74) is 5.80. The molecule has 9 heavy (non-hydrogen) atoms. The predicted molar refractivity (Wildman–Crippen MR) is 35.2 cm³/mol. The van der Waals surface area contributed by atoms with E-state index in [4.69, 9.17) is 9.85 Å². The maximum atomic E-state index is 6.76. The van der Waals surface area contributed by atoms with Crippen molar-refractivity contribution in [2.45, 2.75) is 0 Å². The van der Waals surface area contributed by atoms with Crippen LogP contribution < -0.4 is 10.5 Å². The van der Waals surface area contributed by atoms with Crippen molar-refractivity contribution < 1.29 is 8.85 Å². The monoisotopic (exact) mass is 127 g/mol. The van der Waals surface area contributed by atoms with Crippen molar-refractivity contribution in [2.24, 2.45) is 0 Å². The molecule has 0 aromatic carbocycles. The van der Waals surface area contributed by atoms with Gasteiger partial charge in [-0.05, 0) is 6.07 Å². The van der Waals surface area contributed by atoms with Crippen LogP contribution in [0.4, 0.5) is 5.69 Å². The Morgan fingerprint density at radius 3 is 3.22 bits per heavy atom. The standard InChI is InChI=1S/C6H8N2O/c1-9-6-3-2-5(7)4-8-6/h2-4H,7H2,1H3/i1D3. The second-order valence-corrected chi connectivity index (χ2v) is 1.53. The van der Waals surface area contributed by atoms with E-state index in [-0.39, 0.29) is 5.88 Å². The van der Waals surface area contributed by atoms with Crippen molar-refractivity contribution in [1.29, 1.82) is 0 Å². The first-order chi connectivity index (χ1) is 5.47. The number of nitrogens with two attached hydrogens (primary N) is 1. The molecule has 1 aromatic rings. The molecular weight excluding hydrogens is 116 g/mol. The number of anilines is 1. The van der Waals surface area contributed by atoms with Crippen LogP contribution in [-0.4, -0.2) is 12.0 Å². The lowest BCUT2D eigenvalue weighted by molar-refractivity contribution is 0.398. The van der Waals surface area contributed by atoms with Crippen molar-refractivity contribution in [3.8, 4) is 5.88 Å². The average Bonchev–Trinajstić information content (AvgIpc) is 1.91. The number of ether oxygens (including phenoxy) is 1. The van der Waals surface area contributed by atoms with Gasteiger partial charge in [0.05, 0.1) is 23.0 Å². The van der Waals surface area contributed by atoms with Crippen LogP contribution in [0.2, 0.25) is 0 Å². The van der Waals surface area contributed by atoms with Crippen LogP contribution in [0.15, 0.2) is 18.3 Å². The van der Waals surface area contributed by atoms with E-state index in [2.05, 4.69) is 9.72 Å². The van der Waals surface area contributed by atoms with E-state index >= 15 is 0 Å². The van der Waals surface area contributed by atoms with E-state index in [9.17, 15) is 0 Å². The highest BCUT2D eigenvalue weighted by atomic mass is 16.5. The predicted octanol–water partition coefficient (Wildman–Crippen LogP) is 0.672.